The number of rotatable bonds is 15. The molecule has 0 spiro atoms. The van der Waals surface area contributed by atoms with E-state index in [0.29, 0.717) is 70.0 Å². The van der Waals surface area contributed by atoms with Crippen molar-refractivity contribution < 1.29 is 38.6 Å². The lowest BCUT2D eigenvalue weighted by atomic mass is 9.93. The predicted octanol–water partition coefficient (Wildman–Crippen LogP) is 3.74. The van der Waals surface area contributed by atoms with E-state index in [1.807, 2.05) is 39.8 Å². The van der Waals surface area contributed by atoms with Gasteiger partial charge in [-0.05, 0) is 88.3 Å². The molecule has 0 saturated carbocycles. The molecule has 2 saturated heterocycles. The number of carboxylic acids is 1. The average molecular weight is 723 g/mol. The molecule has 0 bridgehead atoms. The first kappa shape index (κ1) is 40.2. The van der Waals surface area contributed by atoms with Crippen molar-refractivity contribution in [2.24, 2.45) is 11.7 Å². The smallest absolute Gasteiger partial charge is 0.323 e. The summed E-state index contributed by atoms with van der Waals surface area (Å²) in [6.07, 6.45) is 2.33. The third-order valence-corrected chi connectivity index (χ3v) is 9.22. The highest BCUT2D eigenvalue weighted by molar-refractivity contribution is 5.99. The summed E-state index contributed by atoms with van der Waals surface area (Å²) < 4.78 is 11.4. The van der Waals surface area contributed by atoms with Crippen molar-refractivity contribution in [3.63, 3.8) is 0 Å². The third kappa shape index (κ3) is 13.2. The number of nitrogens with zero attached hydrogens (tertiary/aromatic N) is 2. The van der Waals surface area contributed by atoms with Gasteiger partial charge in [-0.1, -0.05) is 24.3 Å². The van der Waals surface area contributed by atoms with Crippen LogP contribution in [0.2, 0.25) is 0 Å². The standard InChI is InChI=1S/C38H54N6O8/c1-37(2,39)15-19-52-38(3,4)23-32(45)40-24-28-7-11-30(12-8-28)42-36(50)41-29-9-5-26(6-10-29)21-33(46)44-18-20-51-25-31(44)35(49)43-16-13-27(14-17-43)22-34(47)48/h5-12,27,31H,13-25,39H2,1-4H3,(H,40,45)(H,47,48)(H2,41,42,50). The Morgan fingerprint density at radius 3 is 2.08 bits per heavy atom. The monoisotopic (exact) mass is 722 g/mol. The number of urea groups is 1. The molecular weight excluding hydrogens is 668 g/mol. The molecule has 14 heteroatoms. The number of morpholine rings is 1. The Kier molecular flexibility index (Phi) is 14.2. The number of carbonyl (C=O) groups is 5. The summed E-state index contributed by atoms with van der Waals surface area (Å²) in [5.41, 5.74) is 7.78. The maximum atomic E-state index is 13.4. The molecule has 2 fully saturated rings. The Bertz CT molecular complexity index is 1530. The normalized spacial score (nSPS) is 17.0. The topological polar surface area (TPSA) is 193 Å². The van der Waals surface area contributed by atoms with E-state index in [0.717, 1.165) is 11.1 Å². The van der Waals surface area contributed by atoms with Crippen molar-refractivity contribution in [3.8, 4) is 0 Å². The molecule has 6 N–H and O–H groups in total. The summed E-state index contributed by atoms with van der Waals surface area (Å²) in [6.45, 7) is 10.1. The van der Waals surface area contributed by atoms with Crippen LogP contribution >= 0.6 is 0 Å². The van der Waals surface area contributed by atoms with Gasteiger partial charge in [-0.15, -0.1) is 0 Å². The van der Waals surface area contributed by atoms with Crippen molar-refractivity contribution in [1.82, 2.24) is 15.1 Å². The lowest BCUT2D eigenvalue weighted by molar-refractivity contribution is -0.154. The zero-order chi connectivity index (χ0) is 37.9. The van der Waals surface area contributed by atoms with Crippen LogP contribution in [0.3, 0.4) is 0 Å². The lowest BCUT2D eigenvalue weighted by Crippen LogP contribution is -2.58. The zero-order valence-electron chi connectivity index (χ0n) is 30.7. The molecule has 14 nitrogen and oxygen atoms in total. The van der Waals surface area contributed by atoms with Gasteiger partial charge < -0.3 is 46.1 Å². The van der Waals surface area contributed by atoms with Gasteiger partial charge in [0, 0.05) is 56.1 Å². The Balaban J connectivity index is 1.20. The highest BCUT2D eigenvalue weighted by atomic mass is 16.5. The number of nitrogens with one attached hydrogen (secondary N) is 3. The first-order chi connectivity index (χ1) is 24.6. The van der Waals surface area contributed by atoms with E-state index in [1.165, 1.54) is 0 Å². The maximum absolute atomic E-state index is 13.4. The molecule has 2 heterocycles. The Labute approximate surface area is 305 Å². The number of piperidine rings is 1. The highest BCUT2D eigenvalue weighted by Crippen LogP contribution is 2.23. The first-order valence-electron chi connectivity index (χ1n) is 17.9. The predicted molar refractivity (Wildman–Crippen MR) is 196 cm³/mol. The van der Waals surface area contributed by atoms with Crippen molar-refractivity contribution in [1.29, 1.82) is 0 Å². The fourth-order valence-corrected chi connectivity index (χ4v) is 6.19. The third-order valence-electron chi connectivity index (χ3n) is 9.22. The largest absolute Gasteiger partial charge is 0.481 e. The van der Waals surface area contributed by atoms with E-state index < -0.39 is 23.6 Å². The van der Waals surface area contributed by atoms with Crippen LogP contribution in [0.5, 0.6) is 0 Å². The SMILES string of the molecule is CC(C)(N)CCOC(C)(C)CC(=O)NCc1ccc(NC(=O)Nc2ccc(CC(=O)N3CCOCC3C(=O)N3CCC(CC(=O)O)CC3)cc2)cc1. The van der Waals surface area contributed by atoms with Gasteiger partial charge in [-0.25, -0.2) is 4.79 Å². The Hall–Kier alpha value is -4.53. The molecule has 0 aliphatic carbocycles. The summed E-state index contributed by atoms with van der Waals surface area (Å²) >= 11 is 0. The number of benzene rings is 2. The number of anilines is 2. The molecule has 0 radical (unpaired) electrons. The molecule has 5 amide bonds. The number of aliphatic carboxylic acids is 1. The quantitative estimate of drug-likeness (QED) is 0.182. The Morgan fingerprint density at radius 2 is 1.50 bits per heavy atom. The average Bonchev–Trinajstić information content (AvgIpc) is 3.07. The van der Waals surface area contributed by atoms with Crippen LogP contribution in [0.15, 0.2) is 48.5 Å². The van der Waals surface area contributed by atoms with Gasteiger partial charge in [-0.3, -0.25) is 19.2 Å². The molecule has 284 valence electrons. The van der Waals surface area contributed by atoms with Crippen molar-refractivity contribution >= 4 is 41.1 Å². The van der Waals surface area contributed by atoms with Gasteiger partial charge in [0.25, 0.3) is 0 Å². The van der Waals surface area contributed by atoms with E-state index >= 15 is 0 Å². The van der Waals surface area contributed by atoms with Crippen LogP contribution in [-0.4, -0.2) is 101 Å². The van der Waals surface area contributed by atoms with Crippen molar-refractivity contribution in [3.05, 3.63) is 59.7 Å². The number of hydrogen-bond acceptors (Lipinski definition) is 8. The minimum absolute atomic E-state index is 0.0504. The molecule has 1 unspecified atom stereocenters. The highest BCUT2D eigenvalue weighted by Gasteiger charge is 2.37. The van der Waals surface area contributed by atoms with Gasteiger partial charge in [0.2, 0.25) is 17.7 Å². The van der Waals surface area contributed by atoms with E-state index in [2.05, 4.69) is 16.0 Å². The second-order valence-electron chi connectivity index (χ2n) is 15.0. The number of ether oxygens (including phenoxy) is 2. The number of likely N-dealkylation sites (tertiary alicyclic amines) is 1. The van der Waals surface area contributed by atoms with Gasteiger partial charge >= 0.3 is 12.0 Å². The second kappa shape index (κ2) is 18.3. The molecular formula is C38H54N6O8. The lowest BCUT2D eigenvalue weighted by Gasteiger charge is -2.39. The van der Waals surface area contributed by atoms with Crippen LogP contribution in [-0.2, 0) is 41.6 Å². The van der Waals surface area contributed by atoms with Gasteiger partial charge in [0.1, 0.15) is 6.04 Å². The van der Waals surface area contributed by atoms with E-state index in [4.69, 9.17) is 20.3 Å². The summed E-state index contributed by atoms with van der Waals surface area (Å²) in [7, 11) is 0. The van der Waals surface area contributed by atoms with Crippen LogP contribution in [0.1, 0.15) is 70.9 Å². The molecule has 4 rings (SSSR count). The summed E-state index contributed by atoms with van der Waals surface area (Å²) in [6, 6.07) is 12.9. The van der Waals surface area contributed by atoms with Gasteiger partial charge in [0.15, 0.2) is 0 Å². The molecule has 1 atom stereocenters. The summed E-state index contributed by atoms with van der Waals surface area (Å²) in [5, 5.41) is 17.6. The number of carboxylic acid groups (broad SMARTS) is 1. The van der Waals surface area contributed by atoms with Crippen molar-refractivity contribution in [2.45, 2.75) is 89.9 Å². The van der Waals surface area contributed by atoms with E-state index in [-0.39, 0.29) is 55.0 Å². The minimum Gasteiger partial charge on any atom is -0.481 e. The van der Waals surface area contributed by atoms with Crippen LogP contribution < -0.4 is 21.7 Å². The fourth-order valence-electron chi connectivity index (χ4n) is 6.19. The molecule has 52 heavy (non-hydrogen) atoms. The van der Waals surface area contributed by atoms with Gasteiger partial charge in [-0.2, -0.15) is 0 Å². The molecule has 2 aromatic carbocycles. The number of nitrogens with two attached hydrogens (primary N) is 1. The number of amides is 5. The number of hydrogen-bond donors (Lipinski definition) is 5. The van der Waals surface area contributed by atoms with E-state index in [9.17, 15) is 24.0 Å². The van der Waals surface area contributed by atoms with Crippen LogP contribution in [0.25, 0.3) is 0 Å². The fraction of sp³-hybridized carbons (Fsp3) is 0.553. The second-order valence-corrected chi connectivity index (χ2v) is 15.0. The van der Waals surface area contributed by atoms with E-state index in [1.54, 1.807) is 46.2 Å². The van der Waals surface area contributed by atoms with Gasteiger partial charge in [0.05, 0.1) is 31.7 Å². The maximum Gasteiger partial charge on any atom is 0.323 e. The first-order valence-corrected chi connectivity index (χ1v) is 17.9. The summed E-state index contributed by atoms with van der Waals surface area (Å²) in [5.74, 6) is -1.27. The Morgan fingerprint density at radius 1 is 0.904 bits per heavy atom. The molecule has 2 aromatic rings. The molecule has 2 aliphatic heterocycles. The minimum atomic E-state index is -0.831. The number of carbonyl (C=O) groups excluding carboxylic acids is 4. The molecule has 2 aliphatic rings. The molecule has 0 aromatic heterocycles. The van der Waals surface area contributed by atoms with Crippen LogP contribution in [0.4, 0.5) is 16.2 Å². The van der Waals surface area contributed by atoms with Crippen molar-refractivity contribution in [2.75, 3.05) is 50.1 Å². The zero-order valence-corrected chi connectivity index (χ0v) is 30.7. The van der Waals surface area contributed by atoms with Crippen LogP contribution in [0, 0.1) is 5.92 Å². The summed E-state index contributed by atoms with van der Waals surface area (Å²) in [4.78, 5) is 66.2.